The molecule has 7 heteroatoms. The molecular weight excluding hydrogens is 494 g/mol. The molecule has 1 atom stereocenters. The van der Waals surface area contributed by atoms with Crippen LogP contribution in [0.2, 0.25) is 0 Å². The number of ether oxygens (including phenoxy) is 1. The Bertz CT molecular complexity index is 1370. The maximum absolute atomic E-state index is 15.2. The minimum absolute atomic E-state index is 0.143. The Morgan fingerprint density at radius 1 is 1.18 bits per heavy atom. The summed E-state index contributed by atoms with van der Waals surface area (Å²) in [6.45, 7) is 15.7. The highest BCUT2D eigenvalue weighted by Gasteiger charge is 2.23. The number of halogens is 2. The first kappa shape index (κ1) is 31.3. The van der Waals surface area contributed by atoms with Gasteiger partial charge in [-0.3, -0.25) is 4.99 Å². The summed E-state index contributed by atoms with van der Waals surface area (Å²) in [5.74, 6) is 0.362. The third-order valence-corrected chi connectivity index (χ3v) is 6.31. The number of aliphatic imine (C=N–C) groups is 1. The van der Waals surface area contributed by atoms with Gasteiger partial charge in [0, 0.05) is 54.7 Å². The Kier molecular flexibility index (Phi) is 12.5. The van der Waals surface area contributed by atoms with E-state index < -0.39 is 17.6 Å². The molecule has 0 N–H and O–H groups in total. The van der Waals surface area contributed by atoms with Gasteiger partial charge < -0.3 is 9.64 Å². The van der Waals surface area contributed by atoms with Gasteiger partial charge in [0.2, 0.25) is 0 Å². The Morgan fingerprint density at radius 2 is 1.92 bits per heavy atom. The lowest BCUT2D eigenvalue weighted by atomic mass is 9.90. The fraction of sp³-hybridized carbons (Fsp3) is 0.344. The van der Waals surface area contributed by atoms with Gasteiger partial charge in [-0.2, -0.15) is 0 Å². The van der Waals surface area contributed by atoms with E-state index in [1.807, 2.05) is 45.9 Å². The molecule has 0 aliphatic heterocycles. The number of methoxy groups -OCH3 is 1. The predicted octanol–water partition coefficient (Wildman–Crippen LogP) is 7.73. The number of benzene rings is 2. The molecule has 1 heterocycles. The van der Waals surface area contributed by atoms with Gasteiger partial charge in [0.05, 0.1) is 29.4 Å². The van der Waals surface area contributed by atoms with Crippen molar-refractivity contribution in [3.8, 4) is 23.6 Å². The number of aromatic nitrogens is 2. The summed E-state index contributed by atoms with van der Waals surface area (Å²) < 4.78 is 35.6. The summed E-state index contributed by atoms with van der Waals surface area (Å²) in [6, 6.07) is 8.03. The van der Waals surface area contributed by atoms with Crippen molar-refractivity contribution in [1.29, 1.82) is 0 Å². The van der Waals surface area contributed by atoms with Gasteiger partial charge in [-0.25, -0.2) is 18.7 Å². The lowest BCUT2D eigenvalue weighted by Crippen LogP contribution is -2.26. The van der Waals surface area contributed by atoms with Crippen molar-refractivity contribution in [1.82, 2.24) is 9.97 Å². The fourth-order valence-electron chi connectivity index (χ4n) is 4.16. The van der Waals surface area contributed by atoms with Crippen LogP contribution in [-0.2, 0) is 4.74 Å². The summed E-state index contributed by atoms with van der Waals surface area (Å²) in [4.78, 5) is 15.4. The van der Waals surface area contributed by atoms with E-state index in [2.05, 4.69) is 39.3 Å². The van der Waals surface area contributed by atoms with E-state index in [0.717, 1.165) is 30.4 Å². The van der Waals surface area contributed by atoms with Crippen LogP contribution < -0.4 is 4.90 Å². The normalized spacial score (nSPS) is 12.4. The first-order valence-corrected chi connectivity index (χ1v) is 13.2. The lowest BCUT2D eigenvalue weighted by Gasteiger charge is -2.23. The maximum Gasteiger partial charge on any atom is 0.135 e. The van der Waals surface area contributed by atoms with E-state index in [-0.39, 0.29) is 11.1 Å². The molecule has 3 rings (SSSR count). The molecule has 1 aromatic heterocycles. The van der Waals surface area contributed by atoms with Crippen molar-refractivity contribution in [3.63, 3.8) is 0 Å². The van der Waals surface area contributed by atoms with Gasteiger partial charge in [-0.05, 0) is 44.5 Å². The van der Waals surface area contributed by atoms with Crippen LogP contribution in [0.4, 0.5) is 14.5 Å². The molecule has 0 spiro atoms. The van der Waals surface area contributed by atoms with Gasteiger partial charge in [0.1, 0.15) is 18.0 Å². The van der Waals surface area contributed by atoms with Crippen LogP contribution in [0.3, 0.4) is 0 Å². The standard InChI is InChI=1S/C30H32F2N4O.C2H6/c1-7-13-33-29(20(5)8-2)22(9-3)24-17-25(27(32)18-26(24)31)30-23-12-11-21(16-28(23)34-19-35-30)36(10-4)14-15-37-6;1-2/h3,7,11-13,16-19,22H,1,8,10,14-15H2,2,4-6H3;1-2H3/b29-20+,33-13?;. The number of rotatable bonds is 11. The topological polar surface area (TPSA) is 50.6 Å². The Hall–Kier alpha value is -3.89. The molecule has 3 aromatic rings. The van der Waals surface area contributed by atoms with E-state index in [1.165, 1.54) is 24.7 Å². The van der Waals surface area contributed by atoms with Crippen molar-refractivity contribution in [3.05, 3.63) is 77.8 Å². The predicted molar refractivity (Wildman–Crippen MR) is 159 cm³/mol. The van der Waals surface area contributed by atoms with Gasteiger partial charge in [0.15, 0.2) is 0 Å². The molecule has 39 heavy (non-hydrogen) atoms. The van der Waals surface area contributed by atoms with Crippen molar-refractivity contribution in [2.24, 2.45) is 4.99 Å². The second-order valence-electron chi connectivity index (χ2n) is 8.48. The van der Waals surface area contributed by atoms with Crippen LogP contribution in [0, 0.1) is 24.0 Å². The van der Waals surface area contributed by atoms with Gasteiger partial charge in [-0.1, -0.05) is 44.9 Å². The molecule has 2 aromatic carbocycles. The summed E-state index contributed by atoms with van der Waals surface area (Å²) in [5, 5.41) is 0.646. The molecule has 0 aliphatic rings. The fourth-order valence-corrected chi connectivity index (χ4v) is 4.16. The molecule has 206 valence electrons. The highest BCUT2D eigenvalue weighted by molar-refractivity contribution is 5.94. The number of fused-ring (bicyclic) bond motifs is 1. The molecule has 0 saturated heterocycles. The number of hydrogen-bond donors (Lipinski definition) is 0. The van der Waals surface area contributed by atoms with Crippen molar-refractivity contribution in [2.45, 2.75) is 47.0 Å². The zero-order valence-corrected chi connectivity index (χ0v) is 23.8. The number of nitrogens with zero attached hydrogens (tertiary/aromatic N) is 4. The Labute approximate surface area is 231 Å². The largest absolute Gasteiger partial charge is 0.383 e. The van der Waals surface area contributed by atoms with Crippen LogP contribution in [-0.4, -0.2) is 43.0 Å². The molecule has 1 unspecified atom stereocenters. The number of likely N-dealkylation sites (N-methyl/N-ethyl adjacent to an activating group) is 1. The van der Waals surface area contributed by atoms with Gasteiger partial charge >= 0.3 is 0 Å². The number of allylic oxidation sites excluding steroid dienone is 3. The molecule has 0 saturated carbocycles. The average molecular weight is 533 g/mol. The first-order valence-electron chi connectivity index (χ1n) is 13.2. The van der Waals surface area contributed by atoms with Crippen LogP contribution in [0.15, 0.2) is 65.6 Å². The Balaban J connectivity index is 0.00000260. The smallest absolute Gasteiger partial charge is 0.135 e. The van der Waals surface area contributed by atoms with Crippen molar-refractivity contribution >= 4 is 22.8 Å². The quantitative estimate of drug-likeness (QED) is 0.187. The second-order valence-corrected chi connectivity index (χ2v) is 8.48. The minimum Gasteiger partial charge on any atom is -0.383 e. The van der Waals surface area contributed by atoms with Crippen LogP contribution in [0.5, 0.6) is 0 Å². The third kappa shape index (κ3) is 7.36. The van der Waals surface area contributed by atoms with Gasteiger partial charge in [-0.15, -0.1) is 6.42 Å². The summed E-state index contributed by atoms with van der Waals surface area (Å²) >= 11 is 0. The minimum atomic E-state index is -0.811. The summed E-state index contributed by atoms with van der Waals surface area (Å²) in [5.41, 5.74) is 3.71. The number of terminal acetylenes is 1. The van der Waals surface area contributed by atoms with E-state index >= 15 is 8.78 Å². The van der Waals surface area contributed by atoms with Gasteiger partial charge in [0.25, 0.3) is 0 Å². The van der Waals surface area contributed by atoms with E-state index in [9.17, 15) is 0 Å². The molecule has 0 fully saturated rings. The zero-order valence-electron chi connectivity index (χ0n) is 23.8. The zero-order chi connectivity index (χ0) is 28.9. The van der Waals surface area contributed by atoms with E-state index in [4.69, 9.17) is 11.2 Å². The second kappa shape index (κ2) is 15.5. The van der Waals surface area contributed by atoms with Crippen LogP contribution >= 0.6 is 0 Å². The van der Waals surface area contributed by atoms with Crippen LogP contribution in [0.25, 0.3) is 22.2 Å². The highest BCUT2D eigenvalue weighted by Crippen LogP contribution is 2.36. The Morgan fingerprint density at radius 3 is 2.54 bits per heavy atom. The SMILES string of the molecule is C#CC(/C(N=CC=C)=C(/C)CC)c1cc(-c2ncnc3cc(N(CC)CCOC)ccc23)c(F)cc1F.CC. The first-order chi connectivity index (χ1) is 18.9. The monoisotopic (exact) mass is 532 g/mol. The molecule has 0 aliphatic carbocycles. The highest BCUT2D eigenvalue weighted by atomic mass is 19.1. The van der Waals surface area contributed by atoms with Crippen LogP contribution in [0.1, 0.15) is 52.5 Å². The lowest BCUT2D eigenvalue weighted by molar-refractivity contribution is 0.205. The van der Waals surface area contributed by atoms with E-state index in [0.29, 0.717) is 35.3 Å². The molecule has 0 bridgehead atoms. The number of hydrogen-bond acceptors (Lipinski definition) is 5. The molecular formula is C32H38F2N4O. The molecule has 5 nitrogen and oxygen atoms in total. The van der Waals surface area contributed by atoms with E-state index in [1.54, 1.807) is 7.11 Å². The van der Waals surface area contributed by atoms with Crippen molar-refractivity contribution < 1.29 is 13.5 Å². The third-order valence-electron chi connectivity index (χ3n) is 6.31. The average Bonchev–Trinajstić information content (AvgIpc) is 2.96. The molecule has 0 amide bonds. The maximum atomic E-state index is 15.2. The van der Waals surface area contributed by atoms with Crippen molar-refractivity contribution in [2.75, 3.05) is 31.7 Å². The number of anilines is 1. The summed E-state index contributed by atoms with van der Waals surface area (Å²) in [7, 11) is 1.66. The summed E-state index contributed by atoms with van der Waals surface area (Å²) in [6.07, 6.45) is 11.0. The molecule has 0 radical (unpaired) electrons.